The quantitative estimate of drug-likeness (QED) is 0.458. The lowest BCUT2D eigenvalue weighted by molar-refractivity contribution is 0.0170. The summed E-state index contributed by atoms with van der Waals surface area (Å²) in [6.45, 7) is 6.89. The standard InChI is InChI=1S/C24H33FN4O3/c1-4-26-24(27-16-19-6-5-7-22(30-2)23(19)31-3)28-17-21(29-12-14-32-15-13-29)18-8-10-20(25)11-9-18/h5-11,21H,4,12-17H2,1-3H3,(H2,26,27,28). The minimum atomic E-state index is -0.232. The molecule has 0 amide bonds. The Balaban J connectivity index is 1.75. The van der Waals surface area contributed by atoms with Gasteiger partial charge in [-0.05, 0) is 30.7 Å². The normalized spacial score (nSPS) is 15.8. The monoisotopic (exact) mass is 444 g/mol. The lowest BCUT2D eigenvalue weighted by atomic mass is 10.0. The van der Waals surface area contributed by atoms with E-state index in [1.807, 2.05) is 37.3 Å². The number of hydrogen-bond donors (Lipinski definition) is 2. The molecule has 1 saturated heterocycles. The molecule has 1 aliphatic rings. The van der Waals surface area contributed by atoms with E-state index in [9.17, 15) is 4.39 Å². The third kappa shape index (κ3) is 6.34. The topological polar surface area (TPSA) is 67.4 Å². The average molecular weight is 445 g/mol. The number of ether oxygens (including phenoxy) is 3. The van der Waals surface area contributed by atoms with Crippen LogP contribution in [-0.4, -0.2) is 64.5 Å². The summed E-state index contributed by atoms with van der Waals surface area (Å²) in [6, 6.07) is 12.6. The van der Waals surface area contributed by atoms with Gasteiger partial charge in [0.05, 0.1) is 40.0 Å². The van der Waals surface area contributed by atoms with Crippen LogP contribution < -0.4 is 20.1 Å². The summed E-state index contributed by atoms with van der Waals surface area (Å²) >= 11 is 0. The molecule has 2 aromatic carbocycles. The number of methoxy groups -OCH3 is 2. The first-order chi connectivity index (χ1) is 15.7. The fraction of sp³-hybridized carbons (Fsp3) is 0.458. The van der Waals surface area contributed by atoms with Gasteiger partial charge in [0.2, 0.25) is 0 Å². The van der Waals surface area contributed by atoms with Crippen molar-refractivity contribution in [2.24, 2.45) is 4.99 Å². The van der Waals surface area contributed by atoms with Crippen LogP contribution in [0.15, 0.2) is 47.5 Å². The van der Waals surface area contributed by atoms with Gasteiger partial charge in [-0.2, -0.15) is 0 Å². The molecule has 0 aromatic heterocycles. The molecule has 1 fully saturated rings. The molecule has 8 heteroatoms. The number of morpholine rings is 1. The maximum atomic E-state index is 13.5. The number of halogens is 1. The Morgan fingerprint density at radius 3 is 2.50 bits per heavy atom. The summed E-state index contributed by atoms with van der Waals surface area (Å²) in [5.41, 5.74) is 2.00. The molecule has 1 atom stereocenters. The Bertz CT molecular complexity index is 870. The van der Waals surface area contributed by atoms with E-state index < -0.39 is 0 Å². The van der Waals surface area contributed by atoms with E-state index in [2.05, 4.69) is 15.5 Å². The zero-order valence-corrected chi connectivity index (χ0v) is 19.1. The molecule has 2 aromatic rings. The van der Waals surface area contributed by atoms with Crippen LogP contribution in [0.3, 0.4) is 0 Å². The van der Waals surface area contributed by atoms with Crippen molar-refractivity contribution < 1.29 is 18.6 Å². The Hall–Kier alpha value is -2.84. The van der Waals surface area contributed by atoms with Gasteiger partial charge in [-0.3, -0.25) is 4.90 Å². The molecule has 1 aliphatic heterocycles. The van der Waals surface area contributed by atoms with E-state index in [4.69, 9.17) is 19.2 Å². The van der Waals surface area contributed by atoms with Crippen LogP contribution in [0.4, 0.5) is 4.39 Å². The van der Waals surface area contributed by atoms with Crippen molar-refractivity contribution in [2.45, 2.75) is 19.5 Å². The number of para-hydroxylation sites is 1. The summed E-state index contributed by atoms with van der Waals surface area (Å²) in [5, 5.41) is 6.76. The van der Waals surface area contributed by atoms with Crippen LogP contribution in [0.2, 0.25) is 0 Å². The molecule has 0 bridgehead atoms. The van der Waals surface area contributed by atoms with Crippen molar-refractivity contribution in [3.8, 4) is 11.5 Å². The first-order valence-corrected chi connectivity index (χ1v) is 11.0. The van der Waals surface area contributed by atoms with Gasteiger partial charge in [0.15, 0.2) is 17.5 Å². The van der Waals surface area contributed by atoms with Crippen LogP contribution in [-0.2, 0) is 11.3 Å². The minimum absolute atomic E-state index is 0.0784. The minimum Gasteiger partial charge on any atom is -0.493 e. The number of hydrogen-bond acceptors (Lipinski definition) is 5. The van der Waals surface area contributed by atoms with Gasteiger partial charge in [-0.15, -0.1) is 0 Å². The van der Waals surface area contributed by atoms with Crippen molar-refractivity contribution in [3.05, 3.63) is 59.4 Å². The van der Waals surface area contributed by atoms with Crippen LogP contribution in [0.25, 0.3) is 0 Å². The van der Waals surface area contributed by atoms with Gasteiger partial charge >= 0.3 is 0 Å². The Morgan fingerprint density at radius 1 is 1.09 bits per heavy atom. The van der Waals surface area contributed by atoms with E-state index in [0.717, 1.165) is 30.8 Å². The van der Waals surface area contributed by atoms with Gasteiger partial charge in [-0.25, -0.2) is 9.38 Å². The molecule has 7 nitrogen and oxygen atoms in total. The first kappa shape index (κ1) is 23.8. The second kappa shape index (κ2) is 12.3. The zero-order valence-electron chi connectivity index (χ0n) is 19.1. The highest BCUT2D eigenvalue weighted by molar-refractivity contribution is 5.79. The summed E-state index contributed by atoms with van der Waals surface area (Å²) in [6.07, 6.45) is 0. The van der Waals surface area contributed by atoms with E-state index >= 15 is 0 Å². The highest BCUT2D eigenvalue weighted by Crippen LogP contribution is 2.31. The number of rotatable bonds is 9. The Morgan fingerprint density at radius 2 is 1.84 bits per heavy atom. The van der Waals surface area contributed by atoms with E-state index in [0.29, 0.717) is 43.8 Å². The second-order valence-corrected chi connectivity index (χ2v) is 7.44. The van der Waals surface area contributed by atoms with Gasteiger partial charge < -0.3 is 24.8 Å². The number of nitrogens with zero attached hydrogens (tertiary/aromatic N) is 2. The predicted molar refractivity (Wildman–Crippen MR) is 124 cm³/mol. The zero-order chi connectivity index (χ0) is 22.8. The molecule has 0 saturated carbocycles. The van der Waals surface area contributed by atoms with Crippen molar-refractivity contribution in [1.29, 1.82) is 0 Å². The molecular weight excluding hydrogens is 411 g/mol. The summed E-state index contributed by atoms with van der Waals surface area (Å²) < 4.78 is 29.9. The maximum absolute atomic E-state index is 13.5. The van der Waals surface area contributed by atoms with Crippen molar-refractivity contribution in [3.63, 3.8) is 0 Å². The fourth-order valence-corrected chi connectivity index (χ4v) is 3.81. The first-order valence-electron chi connectivity index (χ1n) is 11.0. The van der Waals surface area contributed by atoms with Gasteiger partial charge in [0, 0.05) is 31.7 Å². The fourth-order valence-electron chi connectivity index (χ4n) is 3.81. The smallest absolute Gasteiger partial charge is 0.191 e. The maximum Gasteiger partial charge on any atom is 0.191 e. The Labute approximate surface area is 189 Å². The van der Waals surface area contributed by atoms with Crippen molar-refractivity contribution >= 4 is 5.96 Å². The second-order valence-electron chi connectivity index (χ2n) is 7.44. The van der Waals surface area contributed by atoms with Gasteiger partial charge in [-0.1, -0.05) is 24.3 Å². The van der Waals surface area contributed by atoms with Crippen LogP contribution in [0, 0.1) is 5.82 Å². The number of benzene rings is 2. The summed E-state index contributed by atoms with van der Waals surface area (Å²) in [5.74, 6) is 1.84. The third-order valence-electron chi connectivity index (χ3n) is 5.44. The molecule has 174 valence electrons. The molecule has 32 heavy (non-hydrogen) atoms. The third-order valence-corrected chi connectivity index (χ3v) is 5.44. The highest BCUT2D eigenvalue weighted by Gasteiger charge is 2.23. The van der Waals surface area contributed by atoms with Gasteiger partial charge in [0.1, 0.15) is 5.82 Å². The number of aliphatic imine (C=N–C) groups is 1. The average Bonchev–Trinajstić information content (AvgIpc) is 2.83. The summed E-state index contributed by atoms with van der Waals surface area (Å²) in [7, 11) is 3.25. The molecular formula is C24H33FN4O3. The van der Waals surface area contributed by atoms with E-state index in [1.165, 1.54) is 12.1 Å². The van der Waals surface area contributed by atoms with E-state index in [1.54, 1.807) is 14.2 Å². The van der Waals surface area contributed by atoms with Crippen LogP contribution >= 0.6 is 0 Å². The largest absolute Gasteiger partial charge is 0.493 e. The molecule has 0 spiro atoms. The lowest BCUT2D eigenvalue weighted by Gasteiger charge is -2.35. The molecule has 3 rings (SSSR count). The van der Waals surface area contributed by atoms with Crippen molar-refractivity contribution in [2.75, 3.05) is 53.6 Å². The SMILES string of the molecule is CCNC(=NCc1cccc(OC)c1OC)NCC(c1ccc(F)cc1)N1CCOCC1. The Kier molecular flexibility index (Phi) is 9.13. The highest BCUT2D eigenvalue weighted by atomic mass is 19.1. The lowest BCUT2D eigenvalue weighted by Crippen LogP contribution is -2.46. The summed E-state index contributed by atoms with van der Waals surface area (Å²) in [4.78, 5) is 7.11. The molecule has 1 unspecified atom stereocenters. The predicted octanol–water partition coefficient (Wildman–Crippen LogP) is 2.97. The number of nitrogens with one attached hydrogen (secondary N) is 2. The van der Waals surface area contributed by atoms with Crippen LogP contribution in [0.5, 0.6) is 11.5 Å². The molecule has 2 N–H and O–H groups in total. The van der Waals surface area contributed by atoms with Crippen LogP contribution in [0.1, 0.15) is 24.1 Å². The number of guanidine groups is 1. The molecule has 0 aliphatic carbocycles. The molecule has 0 radical (unpaired) electrons. The molecule has 1 heterocycles. The van der Waals surface area contributed by atoms with E-state index in [-0.39, 0.29) is 11.9 Å². The van der Waals surface area contributed by atoms with Gasteiger partial charge in [0.25, 0.3) is 0 Å². The van der Waals surface area contributed by atoms with Crippen molar-refractivity contribution in [1.82, 2.24) is 15.5 Å².